The minimum absolute atomic E-state index is 0.133. The summed E-state index contributed by atoms with van der Waals surface area (Å²) in [6.07, 6.45) is 3.55. The fourth-order valence-corrected chi connectivity index (χ4v) is 4.27. The van der Waals surface area contributed by atoms with Crippen LogP contribution in [0.1, 0.15) is 25.7 Å². The van der Waals surface area contributed by atoms with E-state index in [0.717, 1.165) is 24.1 Å². The van der Waals surface area contributed by atoms with Crippen LogP contribution in [0.4, 0.5) is 4.39 Å². The molecule has 2 aromatic heterocycles. The van der Waals surface area contributed by atoms with Crippen LogP contribution in [0.5, 0.6) is 0 Å². The normalized spacial score (nSPS) is 14.3. The van der Waals surface area contributed by atoms with Crippen LogP contribution in [0.2, 0.25) is 0 Å². The Morgan fingerprint density at radius 2 is 2.22 bits per heavy atom. The molecule has 0 amide bonds. The van der Waals surface area contributed by atoms with Crippen molar-refractivity contribution in [3.05, 3.63) is 51.2 Å². The van der Waals surface area contributed by atoms with Gasteiger partial charge in [0.1, 0.15) is 5.82 Å². The molecular formula is C13H10FNOS2. The van der Waals surface area contributed by atoms with Crippen LogP contribution in [0, 0.1) is 5.82 Å². The van der Waals surface area contributed by atoms with Gasteiger partial charge in [0.2, 0.25) is 5.78 Å². The van der Waals surface area contributed by atoms with Crippen molar-refractivity contribution in [3.63, 3.8) is 0 Å². The largest absolute Gasteiger partial charge is 0.288 e. The average molecular weight is 279 g/mol. The first-order valence-corrected chi connectivity index (χ1v) is 7.56. The van der Waals surface area contributed by atoms with Gasteiger partial charge < -0.3 is 0 Å². The molecule has 3 rings (SSSR count). The first-order chi connectivity index (χ1) is 8.74. The Morgan fingerprint density at radius 1 is 1.33 bits per heavy atom. The maximum absolute atomic E-state index is 13.1. The average Bonchev–Trinajstić information content (AvgIpc) is 2.81. The van der Waals surface area contributed by atoms with Gasteiger partial charge in [-0.1, -0.05) is 0 Å². The first kappa shape index (κ1) is 11.9. The van der Waals surface area contributed by atoms with Crippen molar-refractivity contribution in [1.82, 2.24) is 4.98 Å². The van der Waals surface area contributed by atoms with E-state index in [1.165, 1.54) is 34.0 Å². The molecule has 0 aliphatic carbocycles. The summed E-state index contributed by atoms with van der Waals surface area (Å²) in [7, 11) is 0. The summed E-state index contributed by atoms with van der Waals surface area (Å²) in [5, 5.41) is 0. The van der Waals surface area contributed by atoms with Crippen LogP contribution in [-0.4, -0.2) is 16.5 Å². The molecule has 2 nitrogen and oxygen atoms in total. The fraction of sp³-hybridized carbons (Fsp3) is 0.231. The maximum Gasteiger partial charge on any atom is 0.204 e. The second-order valence-electron chi connectivity index (χ2n) is 4.08. The molecule has 0 atom stereocenters. The molecule has 0 fully saturated rings. The Balaban J connectivity index is 1.95. The van der Waals surface area contributed by atoms with Crippen LogP contribution in [0.25, 0.3) is 0 Å². The third-order valence-corrected chi connectivity index (χ3v) is 5.06. The Hall–Kier alpha value is -1.20. The van der Waals surface area contributed by atoms with E-state index < -0.39 is 5.82 Å². The zero-order valence-electron chi connectivity index (χ0n) is 9.48. The Labute approximate surface area is 112 Å². The number of carbonyl (C=O) groups excluding carboxylic acids is 1. The number of thiophene rings is 1. The Morgan fingerprint density at radius 3 is 3.00 bits per heavy atom. The molecule has 1 aliphatic heterocycles. The van der Waals surface area contributed by atoms with Gasteiger partial charge in [-0.05, 0) is 29.9 Å². The van der Waals surface area contributed by atoms with Crippen LogP contribution in [0.3, 0.4) is 0 Å². The van der Waals surface area contributed by atoms with Gasteiger partial charge in [0.15, 0.2) is 0 Å². The second-order valence-corrected chi connectivity index (χ2v) is 6.32. The molecule has 1 aliphatic rings. The number of rotatable bonds is 2. The highest BCUT2D eigenvalue weighted by Gasteiger charge is 2.18. The van der Waals surface area contributed by atoms with Crippen LogP contribution in [0.15, 0.2) is 24.5 Å². The minimum Gasteiger partial charge on any atom is -0.288 e. The molecule has 0 bridgehead atoms. The van der Waals surface area contributed by atoms with Gasteiger partial charge >= 0.3 is 0 Å². The van der Waals surface area contributed by atoms with E-state index in [0.29, 0.717) is 10.4 Å². The third-order valence-electron chi connectivity index (χ3n) is 2.82. The highest BCUT2D eigenvalue weighted by Crippen LogP contribution is 2.32. The lowest BCUT2D eigenvalue weighted by Crippen LogP contribution is -2.00. The van der Waals surface area contributed by atoms with Crippen LogP contribution < -0.4 is 0 Å². The summed E-state index contributed by atoms with van der Waals surface area (Å²) in [6, 6.07) is 3.18. The predicted molar refractivity (Wildman–Crippen MR) is 71.8 cm³/mol. The van der Waals surface area contributed by atoms with Gasteiger partial charge in [-0.25, -0.2) is 4.39 Å². The van der Waals surface area contributed by atoms with E-state index in [1.807, 2.05) is 17.8 Å². The van der Waals surface area contributed by atoms with Crippen molar-refractivity contribution in [2.45, 2.75) is 12.2 Å². The van der Waals surface area contributed by atoms with E-state index in [9.17, 15) is 9.18 Å². The zero-order chi connectivity index (χ0) is 12.5. The van der Waals surface area contributed by atoms with Gasteiger partial charge in [0.25, 0.3) is 0 Å². The van der Waals surface area contributed by atoms with E-state index in [-0.39, 0.29) is 5.78 Å². The topological polar surface area (TPSA) is 30.0 Å². The highest BCUT2D eigenvalue weighted by molar-refractivity contribution is 7.98. The number of fused-ring (bicyclic) bond motifs is 1. The number of aromatic nitrogens is 1. The van der Waals surface area contributed by atoms with Crippen molar-refractivity contribution in [1.29, 1.82) is 0 Å². The molecule has 0 spiro atoms. The number of thioether (sulfide) groups is 1. The van der Waals surface area contributed by atoms with Crippen molar-refractivity contribution in [2.75, 3.05) is 5.75 Å². The molecule has 0 radical (unpaired) electrons. The second kappa shape index (κ2) is 4.82. The summed E-state index contributed by atoms with van der Waals surface area (Å²) in [4.78, 5) is 17.9. The molecule has 18 heavy (non-hydrogen) atoms. The molecule has 3 heterocycles. The monoisotopic (exact) mass is 279 g/mol. The third kappa shape index (κ3) is 2.20. The molecule has 0 N–H and O–H groups in total. The minimum atomic E-state index is -0.474. The number of carbonyl (C=O) groups is 1. The Kier molecular flexibility index (Phi) is 3.18. The number of nitrogens with zero attached hydrogens (tertiary/aromatic N) is 1. The van der Waals surface area contributed by atoms with E-state index in [1.54, 1.807) is 0 Å². The van der Waals surface area contributed by atoms with Gasteiger partial charge in [-0.15, -0.1) is 11.3 Å². The van der Waals surface area contributed by atoms with E-state index in [4.69, 9.17) is 0 Å². The molecule has 0 saturated carbocycles. The van der Waals surface area contributed by atoms with Crippen molar-refractivity contribution >= 4 is 28.9 Å². The molecule has 0 saturated heterocycles. The zero-order valence-corrected chi connectivity index (χ0v) is 11.1. The van der Waals surface area contributed by atoms with Crippen molar-refractivity contribution in [3.8, 4) is 0 Å². The van der Waals surface area contributed by atoms with Gasteiger partial charge in [0.05, 0.1) is 11.1 Å². The van der Waals surface area contributed by atoms with Crippen LogP contribution >= 0.6 is 23.1 Å². The van der Waals surface area contributed by atoms with Gasteiger partial charge in [-0.2, -0.15) is 11.8 Å². The molecule has 0 aromatic carbocycles. The van der Waals surface area contributed by atoms with Crippen LogP contribution in [-0.2, 0) is 12.2 Å². The molecule has 5 heteroatoms. The standard InChI is InChI=1S/C13H10FNOS2/c14-10-3-8(5-15-6-10)13(16)12-4-9-7-17-2-1-11(9)18-12/h3-6H,1-2,7H2. The summed E-state index contributed by atoms with van der Waals surface area (Å²) in [5.41, 5.74) is 1.57. The number of aryl methyl sites for hydroxylation is 1. The lowest BCUT2D eigenvalue weighted by atomic mass is 10.1. The number of halogens is 1. The lowest BCUT2D eigenvalue weighted by Gasteiger charge is -2.08. The molecule has 0 unspecified atom stereocenters. The number of ketones is 1. The van der Waals surface area contributed by atoms with Gasteiger partial charge in [-0.3, -0.25) is 9.78 Å². The van der Waals surface area contributed by atoms with E-state index in [2.05, 4.69) is 4.98 Å². The summed E-state index contributed by atoms with van der Waals surface area (Å²) >= 11 is 3.41. The number of pyridine rings is 1. The van der Waals surface area contributed by atoms with Gasteiger partial charge in [0, 0.05) is 22.4 Å². The SMILES string of the molecule is O=C(c1cncc(F)c1)c1cc2c(s1)CCSC2. The summed E-state index contributed by atoms with van der Waals surface area (Å²) < 4.78 is 13.1. The van der Waals surface area contributed by atoms with Crippen molar-refractivity contribution in [2.24, 2.45) is 0 Å². The fourth-order valence-electron chi connectivity index (χ4n) is 1.94. The summed E-state index contributed by atoms with van der Waals surface area (Å²) in [6.45, 7) is 0. The first-order valence-electron chi connectivity index (χ1n) is 5.58. The summed E-state index contributed by atoms with van der Waals surface area (Å²) in [5.74, 6) is 1.48. The Bertz CT molecular complexity index is 585. The quantitative estimate of drug-likeness (QED) is 0.790. The van der Waals surface area contributed by atoms with E-state index >= 15 is 0 Å². The number of hydrogen-bond donors (Lipinski definition) is 0. The number of hydrogen-bond acceptors (Lipinski definition) is 4. The lowest BCUT2D eigenvalue weighted by molar-refractivity contribution is 0.104. The maximum atomic E-state index is 13.1. The molecule has 2 aromatic rings. The van der Waals surface area contributed by atoms with Crippen molar-refractivity contribution < 1.29 is 9.18 Å². The predicted octanol–water partition coefficient (Wildman–Crippen LogP) is 3.30. The molecule has 92 valence electrons. The highest BCUT2D eigenvalue weighted by atomic mass is 32.2. The molecular weight excluding hydrogens is 269 g/mol. The smallest absolute Gasteiger partial charge is 0.204 e.